The monoisotopic (exact) mass is 283 g/mol. The summed E-state index contributed by atoms with van der Waals surface area (Å²) in [5.41, 5.74) is -1.14. The van der Waals surface area contributed by atoms with Crippen molar-refractivity contribution < 1.29 is 19.4 Å². The minimum absolute atomic E-state index is 0.0519. The Bertz CT molecular complexity index is 415. The van der Waals surface area contributed by atoms with E-state index < -0.39 is 23.1 Å². The van der Waals surface area contributed by atoms with E-state index in [2.05, 4.69) is 5.32 Å². The van der Waals surface area contributed by atoms with Crippen LogP contribution in [0.4, 0.5) is 4.79 Å². The van der Waals surface area contributed by atoms with E-state index in [-0.39, 0.29) is 17.9 Å². The molecule has 0 aromatic heterocycles. The highest BCUT2D eigenvalue weighted by Gasteiger charge is 2.53. The van der Waals surface area contributed by atoms with E-state index in [1.807, 2.05) is 27.7 Å². The number of hydrogen-bond acceptors (Lipinski definition) is 3. The molecule has 3 aliphatic carbocycles. The molecule has 2 bridgehead atoms. The van der Waals surface area contributed by atoms with E-state index in [0.717, 1.165) is 19.3 Å². The van der Waals surface area contributed by atoms with Crippen LogP contribution in [0.5, 0.6) is 0 Å². The highest BCUT2D eigenvalue weighted by Crippen LogP contribution is 2.52. The fourth-order valence-corrected chi connectivity index (χ4v) is 3.67. The zero-order chi connectivity index (χ0) is 15.1. The number of rotatable bonds is 2. The molecule has 3 fully saturated rings. The number of alkyl carbamates (subject to hydrolysis) is 1. The molecule has 0 heterocycles. The second kappa shape index (κ2) is 4.93. The number of carboxylic acid groups (broad SMARTS) is 1. The van der Waals surface area contributed by atoms with E-state index in [4.69, 9.17) is 4.74 Å². The van der Waals surface area contributed by atoms with Crippen LogP contribution in [0.15, 0.2) is 0 Å². The quantitative estimate of drug-likeness (QED) is 0.817. The van der Waals surface area contributed by atoms with Gasteiger partial charge in [-0.1, -0.05) is 0 Å². The average Bonchev–Trinajstić information content (AvgIpc) is 2.28. The Labute approximate surface area is 120 Å². The lowest BCUT2D eigenvalue weighted by atomic mass is 9.55. The molecule has 0 radical (unpaired) electrons. The molecular formula is C15H25NO4. The van der Waals surface area contributed by atoms with Crippen LogP contribution >= 0.6 is 0 Å². The lowest BCUT2D eigenvalue weighted by molar-refractivity contribution is -0.159. The molecule has 5 nitrogen and oxygen atoms in total. The molecular weight excluding hydrogens is 258 g/mol. The Hall–Kier alpha value is -1.26. The van der Waals surface area contributed by atoms with Crippen molar-refractivity contribution in [3.63, 3.8) is 0 Å². The predicted octanol–water partition coefficient (Wildman–Crippen LogP) is 2.79. The first-order chi connectivity index (χ1) is 9.12. The van der Waals surface area contributed by atoms with Crippen molar-refractivity contribution in [2.45, 2.75) is 65.0 Å². The van der Waals surface area contributed by atoms with E-state index >= 15 is 0 Å². The molecule has 0 aliphatic heterocycles. The van der Waals surface area contributed by atoms with Gasteiger partial charge in [0, 0.05) is 6.04 Å². The van der Waals surface area contributed by atoms with Crippen LogP contribution in [0.3, 0.4) is 0 Å². The van der Waals surface area contributed by atoms with Crippen molar-refractivity contribution in [3.05, 3.63) is 0 Å². The molecule has 0 spiro atoms. The Kier molecular flexibility index (Phi) is 3.73. The van der Waals surface area contributed by atoms with Crippen LogP contribution in [0, 0.1) is 17.3 Å². The lowest BCUT2D eigenvalue weighted by Crippen LogP contribution is -2.56. The number of nitrogens with one attached hydrogen (secondary N) is 1. The molecule has 3 rings (SSSR count). The zero-order valence-electron chi connectivity index (χ0n) is 12.7. The normalized spacial score (nSPS) is 36.5. The van der Waals surface area contributed by atoms with Gasteiger partial charge in [0.25, 0.3) is 0 Å². The molecule has 114 valence electrons. The first kappa shape index (κ1) is 15.1. The summed E-state index contributed by atoms with van der Waals surface area (Å²) in [4.78, 5) is 23.3. The van der Waals surface area contributed by atoms with Gasteiger partial charge in [0.2, 0.25) is 0 Å². The molecule has 3 aliphatic rings. The van der Waals surface area contributed by atoms with Crippen molar-refractivity contribution >= 4 is 12.1 Å². The summed E-state index contributed by atoms with van der Waals surface area (Å²) in [6.07, 6.45) is 2.93. The molecule has 0 aromatic rings. The fraction of sp³-hybridized carbons (Fsp3) is 0.867. The summed E-state index contributed by atoms with van der Waals surface area (Å²) >= 11 is 0. The number of carboxylic acids is 1. The Balaban J connectivity index is 1.98. The molecule has 4 unspecified atom stereocenters. The van der Waals surface area contributed by atoms with Gasteiger partial charge in [0.1, 0.15) is 5.60 Å². The maximum Gasteiger partial charge on any atom is 0.407 e. The van der Waals surface area contributed by atoms with Crippen LogP contribution in [0.1, 0.15) is 53.4 Å². The maximum absolute atomic E-state index is 11.8. The standard InChI is InChI=1S/C15H25NO4/c1-14(2,3)20-13(19)16-11-7-10-6-5-9(11)8-15(10,4)12(17)18/h9-11H,5-8H2,1-4H3,(H,16,19)(H,17,18). The van der Waals surface area contributed by atoms with Gasteiger partial charge in [-0.3, -0.25) is 4.79 Å². The van der Waals surface area contributed by atoms with Crippen LogP contribution in [-0.4, -0.2) is 28.8 Å². The Morgan fingerprint density at radius 1 is 1.30 bits per heavy atom. The summed E-state index contributed by atoms with van der Waals surface area (Å²) < 4.78 is 5.28. The summed E-state index contributed by atoms with van der Waals surface area (Å²) in [6.45, 7) is 7.35. The highest BCUT2D eigenvalue weighted by atomic mass is 16.6. The average molecular weight is 283 g/mol. The first-order valence-corrected chi connectivity index (χ1v) is 7.35. The zero-order valence-corrected chi connectivity index (χ0v) is 12.7. The van der Waals surface area contributed by atoms with Crippen LogP contribution in [0.25, 0.3) is 0 Å². The number of hydrogen-bond donors (Lipinski definition) is 2. The van der Waals surface area contributed by atoms with Crippen molar-refractivity contribution in [2.75, 3.05) is 0 Å². The van der Waals surface area contributed by atoms with Gasteiger partial charge in [0.15, 0.2) is 0 Å². The SMILES string of the molecule is CC(C)(C)OC(=O)NC1CC2CCC1CC2(C)C(=O)O. The summed E-state index contributed by atoms with van der Waals surface area (Å²) in [5.74, 6) is -0.318. The van der Waals surface area contributed by atoms with E-state index in [0.29, 0.717) is 6.42 Å². The summed E-state index contributed by atoms with van der Waals surface area (Å²) in [5, 5.41) is 12.4. The molecule has 3 saturated carbocycles. The number of carbonyl (C=O) groups is 2. The van der Waals surface area contributed by atoms with Crippen molar-refractivity contribution in [2.24, 2.45) is 17.3 Å². The fourth-order valence-electron chi connectivity index (χ4n) is 3.67. The van der Waals surface area contributed by atoms with E-state index in [1.54, 1.807) is 0 Å². The molecule has 0 aromatic carbocycles. The second-order valence-electron chi connectivity index (χ2n) is 7.45. The van der Waals surface area contributed by atoms with Gasteiger partial charge < -0.3 is 15.2 Å². The minimum Gasteiger partial charge on any atom is -0.481 e. The van der Waals surface area contributed by atoms with Gasteiger partial charge in [-0.05, 0) is 65.2 Å². The van der Waals surface area contributed by atoms with E-state index in [9.17, 15) is 14.7 Å². The molecule has 2 N–H and O–H groups in total. The number of aliphatic carboxylic acids is 1. The van der Waals surface area contributed by atoms with Gasteiger partial charge in [0.05, 0.1) is 5.41 Å². The first-order valence-electron chi connectivity index (χ1n) is 7.35. The number of fused-ring (bicyclic) bond motifs is 3. The van der Waals surface area contributed by atoms with Crippen molar-refractivity contribution in [3.8, 4) is 0 Å². The van der Waals surface area contributed by atoms with E-state index in [1.165, 1.54) is 0 Å². The minimum atomic E-state index is -0.706. The van der Waals surface area contributed by atoms with Crippen LogP contribution in [0.2, 0.25) is 0 Å². The molecule has 1 amide bonds. The van der Waals surface area contributed by atoms with Crippen molar-refractivity contribution in [1.29, 1.82) is 0 Å². The largest absolute Gasteiger partial charge is 0.481 e. The third-order valence-corrected chi connectivity index (χ3v) is 4.77. The lowest BCUT2D eigenvalue weighted by Gasteiger charge is -2.51. The highest BCUT2D eigenvalue weighted by molar-refractivity contribution is 5.75. The van der Waals surface area contributed by atoms with Crippen molar-refractivity contribution in [1.82, 2.24) is 5.32 Å². The topological polar surface area (TPSA) is 75.6 Å². The van der Waals surface area contributed by atoms with Gasteiger partial charge >= 0.3 is 12.1 Å². The third kappa shape index (κ3) is 2.91. The van der Waals surface area contributed by atoms with Gasteiger partial charge in [-0.2, -0.15) is 0 Å². The molecule has 20 heavy (non-hydrogen) atoms. The Morgan fingerprint density at radius 3 is 2.40 bits per heavy atom. The summed E-state index contributed by atoms with van der Waals surface area (Å²) in [7, 11) is 0. The molecule has 5 heteroatoms. The number of ether oxygens (including phenoxy) is 1. The van der Waals surface area contributed by atoms with Crippen LogP contribution < -0.4 is 5.32 Å². The second-order valence-corrected chi connectivity index (χ2v) is 7.45. The predicted molar refractivity (Wildman–Crippen MR) is 74.3 cm³/mol. The van der Waals surface area contributed by atoms with Gasteiger partial charge in [-0.15, -0.1) is 0 Å². The maximum atomic E-state index is 11.8. The third-order valence-electron chi connectivity index (χ3n) is 4.77. The number of amides is 1. The number of carbonyl (C=O) groups excluding carboxylic acids is 1. The smallest absolute Gasteiger partial charge is 0.407 e. The van der Waals surface area contributed by atoms with Crippen LogP contribution in [-0.2, 0) is 9.53 Å². The molecule has 0 saturated heterocycles. The molecule has 4 atom stereocenters. The Morgan fingerprint density at radius 2 is 1.95 bits per heavy atom. The van der Waals surface area contributed by atoms with Gasteiger partial charge in [-0.25, -0.2) is 4.79 Å². The summed E-state index contributed by atoms with van der Waals surface area (Å²) in [6, 6.07) is 0.0519.